The summed E-state index contributed by atoms with van der Waals surface area (Å²) in [5, 5.41) is 6.76. The van der Waals surface area contributed by atoms with E-state index >= 15 is 0 Å². The van der Waals surface area contributed by atoms with Crippen LogP contribution in [0, 0.1) is 0 Å². The summed E-state index contributed by atoms with van der Waals surface area (Å²) in [5.74, 6) is -0.0494. The van der Waals surface area contributed by atoms with Crippen LogP contribution in [0.5, 0.6) is 0 Å². The molecule has 1 N–H and O–H groups in total. The second-order valence-corrected chi connectivity index (χ2v) is 8.74. The Labute approximate surface area is 157 Å². The van der Waals surface area contributed by atoms with Crippen LogP contribution in [0.4, 0.5) is 5.13 Å². The molecule has 8 nitrogen and oxygen atoms in total. The minimum atomic E-state index is -3.31. The number of aromatic nitrogens is 3. The summed E-state index contributed by atoms with van der Waals surface area (Å²) in [6.45, 7) is 0. The van der Waals surface area contributed by atoms with Crippen molar-refractivity contribution in [3.05, 3.63) is 54.5 Å². The fourth-order valence-corrected chi connectivity index (χ4v) is 4.00. The second kappa shape index (κ2) is 6.56. The Kier molecular flexibility index (Phi) is 4.21. The van der Waals surface area contributed by atoms with Crippen molar-refractivity contribution in [3.8, 4) is 11.3 Å². The number of carbonyl (C=O) groups excluding carboxylic acids is 1. The van der Waals surface area contributed by atoms with Crippen LogP contribution < -0.4 is 5.32 Å². The molecule has 0 fully saturated rings. The van der Waals surface area contributed by atoms with Gasteiger partial charge in [-0.3, -0.25) is 15.1 Å². The highest BCUT2D eigenvalue weighted by atomic mass is 32.2. The molecule has 1 aromatic carbocycles. The van der Waals surface area contributed by atoms with Crippen LogP contribution >= 0.6 is 11.3 Å². The molecule has 4 rings (SSSR count). The minimum absolute atomic E-state index is 0.102. The number of fused-ring (bicyclic) bond motifs is 1. The van der Waals surface area contributed by atoms with Crippen molar-refractivity contribution in [2.45, 2.75) is 4.90 Å². The van der Waals surface area contributed by atoms with Crippen molar-refractivity contribution in [2.24, 2.45) is 0 Å². The molecule has 10 heteroatoms. The number of sulfone groups is 1. The first-order chi connectivity index (χ1) is 12.9. The lowest BCUT2D eigenvalue weighted by Crippen LogP contribution is -2.11. The first-order valence-corrected chi connectivity index (χ1v) is 10.4. The number of hydrogen-bond acceptors (Lipinski definition) is 8. The minimum Gasteiger partial charge on any atom is -0.355 e. The lowest BCUT2D eigenvalue weighted by Gasteiger charge is -1.96. The molecule has 0 radical (unpaired) electrons. The summed E-state index contributed by atoms with van der Waals surface area (Å²) in [6, 6.07) is 9.69. The van der Waals surface area contributed by atoms with Crippen LogP contribution in [-0.4, -0.2) is 35.7 Å². The van der Waals surface area contributed by atoms with Crippen LogP contribution in [0.1, 0.15) is 10.5 Å². The number of carbonyl (C=O) groups is 1. The van der Waals surface area contributed by atoms with E-state index < -0.39 is 15.7 Å². The van der Waals surface area contributed by atoms with Crippen LogP contribution in [0.3, 0.4) is 0 Å². The van der Waals surface area contributed by atoms with Gasteiger partial charge in [-0.1, -0.05) is 16.5 Å². The number of pyridine rings is 1. The number of amides is 1. The Hall–Kier alpha value is -3.11. The number of benzene rings is 1. The van der Waals surface area contributed by atoms with Crippen LogP contribution in [0.2, 0.25) is 0 Å². The van der Waals surface area contributed by atoms with Crippen molar-refractivity contribution < 1.29 is 17.7 Å². The Bertz CT molecular complexity index is 1250. The van der Waals surface area contributed by atoms with Gasteiger partial charge in [0.1, 0.15) is 0 Å². The summed E-state index contributed by atoms with van der Waals surface area (Å²) in [6.07, 6.45) is 4.38. The molecule has 0 unspecified atom stereocenters. The molecule has 0 aliphatic rings. The Morgan fingerprint density at radius 3 is 2.81 bits per heavy atom. The molecule has 0 bridgehead atoms. The van der Waals surface area contributed by atoms with E-state index in [-0.39, 0.29) is 10.6 Å². The third-order valence-electron chi connectivity index (χ3n) is 3.70. The summed E-state index contributed by atoms with van der Waals surface area (Å²) in [4.78, 5) is 20.9. The van der Waals surface area contributed by atoms with E-state index in [4.69, 9.17) is 4.52 Å². The van der Waals surface area contributed by atoms with Gasteiger partial charge in [0, 0.05) is 30.3 Å². The summed E-state index contributed by atoms with van der Waals surface area (Å²) >= 11 is 1.18. The molecule has 27 heavy (non-hydrogen) atoms. The number of nitrogens with one attached hydrogen (secondary N) is 1. The molecule has 0 saturated heterocycles. The first kappa shape index (κ1) is 17.3. The molecule has 0 aliphatic carbocycles. The average molecular weight is 400 g/mol. The first-order valence-electron chi connectivity index (χ1n) is 7.69. The maximum atomic E-state index is 12.4. The summed E-state index contributed by atoms with van der Waals surface area (Å²) < 4.78 is 29.2. The molecule has 4 aromatic rings. The van der Waals surface area contributed by atoms with E-state index in [2.05, 4.69) is 20.4 Å². The van der Waals surface area contributed by atoms with Crippen molar-refractivity contribution in [1.82, 2.24) is 15.1 Å². The van der Waals surface area contributed by atoms with E-state index in [0.29, 0.717) is 26.7 Å². The zero-order valence-corrected chi connectivity index (χ0v) is 15.5. The fraction of sp³-hybridized carbons (Fsp3) is 0.0588. The van der Waals surface area contributed by atoms with E-state index in [9.17, 15) is 13.2 Å². The lowest BCUT2D eigenvalue weighted by molar-refractivity contribution is 0.101. The summed E-state index contributed by atoms with van der Waals surface area (Å²) in [7, 11) is -3.31. The monoisotopic (exact) mass is 400 g/mol. The van der Waals surface area contributed by atoms with Crippen LogP contribution in [0.25, 0.3) is 21.5 Å². The topological polar surface area (TPSA) is 115 Å². The SMILES string of the molecule is CS(=O)(=O)c1ccc2nc(NC(=O)c3cc(-c4cccnc4)on3)sc2c1. The van der Waals surface area contributed by atoms with Gasteiger partial charge in [-0.25, -0.2) is 13.4 Å². The molecule has 3 aromatic heterocycles. The molecular formula is C17H12N4O4S2. The highest BCUT2D eigenvalue weighted by molar-refractivity contribution is 7.90. The number of rotatable bonds is 4. The zero-order valence-electron chi connectivity index (χ0n) is 13.9. The van der Waals surface area contributed by atoms with Gasteiger partial charge in [0.2, 0.25) is 0 Å². The van der Waals surface area contributed by atoms with Gasteiger partial charge in [-0.05, 0) is 30.3 Å². The predicted molar refractivity (Wildman–Crippen MR) is 100 cm³/mol. The highest BCUT2D eigenvalue weighted by Crippen LogP contribution is 2.28. The molecule has 0 saturated carbocycles. The molecule has 1 amide bonds. The predicted octanol–water partition coefficient (Wildman–Crippen LogP) is 3.00. The van der Waals surface area contributed by atoms with Gasteiger partial charge in [-0.15, -0.1) is 0 Å². The van der Waals surface area contributed by atoms with Gasteiger partial charge in [0.05, 0.1) is 15.1 Å². The maximum absolute atomic E-state index is 12.4. The fourth-order valence-electron chi connectivity index (χ4n) is 2.38. The number of anilines is 1. The smallest absolute Gasteiger partial charge is 0.279 e. The van der Waals surface area contributed by atoms with Gasteiger partial charge < -0.3 is 4.52 Å². The Morgan fingerprint density at radius 1 is 1.22 bits per heavy atom. The number of nitrogens with zero attached hydrogens (tertiary/aromatic N) is 3. The van der Waals surface area contributed by atoms with E-state index in [1.54, 1.807) is 30.6 Å². The van der Waals surface area contributed by atoms with Crippen molar-refractivity contribution in [3.63, 3.8) is 0 Å². The van der Waals surface area contributed by atoms with Crippen molar-refractivity contribution in [2.75, 3.05) is 11.6 Å². The Balaban J connectivity index is 1.57. The number of hydrogen-bond donors (Lipinski definition) is 1. The van der Waals surface area contributed by atoms with Crippen LogP contribution in [0.15, 0.2) is 58.2 Å². The molecule has 0 atom stereocenters. The summed E-state index contributed by atoms with van der Waals surface area (Å²) in [5.41, 5.74) is 1.40. The average Bonchev–Trinajstić information content (AvgIpc) is 3.27. The molecule has 0 spiro atoms. The number of thiazole rings is 1. The largest absolute Gasteiger partial charge is 0.355 e. The van der Waals surface area contributed by atoms with Gasteiger partial charge >= 0.3 is 0 Å². The van der Waals surface area contributed by atoms with E-state index in [1.807, 2.05) is 0 Å². The van der Waals surface area contributed by atoms with E-state index in [0.717, 1.165) is 6.26 Å². The molecule has 3 heterocycles. The normalized spacial score (nSPS) is 11.6. The van der Waals surface area contributed by atoms with Crippen molar-refractivity contribution >= 4 is 42.4 Å². The van der Waals surface area contributed by atoms with Crippen LogP contribution in [-0.2, 0) is 9.84 Å². The second-order valence-electron chi connectivity index (χ2n) is 5.69. The lowest BCUT2D eigenvalue weighted by atomic mass is 10.2. The standard InChI is InChI=1S/C17H12N4O4S2/c1-27(23,24)11-4-5-12-15(7-11)26-17(19-12)20-16(22)13-8-14(25-21-13)10-3-2-6-18-9-10/h2-9H,1H3,(H,19,20,22). The van der Waals surface area contributed by atoms with Gasteiger partial charge in [0.25, 0.3) is 5.91 Å². The van der Waals surface area contributed by atoms with Crippen molar-refractivity contribution in [1.29, 1.82) is 0 Å². The highest BCUT2D eigenvalue weighted by Gasteiger charge is 2.16. The zero-order chi connectivity index (χ0) is 19.0. The quantitative estimate of drug-likeness (QED) is 0.560. The third kappa shape index (κ3) is 3.57. The van der Waals surface area contributed by atoms with Gasteiger partial charge in [0.15, 0.2) is 26.4 Å². The molecule has 0 aliphatic heterocycles. The molecule has 136 valence electrons. The molecular weight excluding hydrogens is 388 g/mol. The third-order valence-corrected chi connectivity index (χ3v) is 5.74. The maximum Gasteiger partial charge on any atom is 0.279 e. The van der Waals surface area contributed by atoms with Gasteiger partial charge in [-0.2, -0.15) is 0 Å². The Morgan fingerprint density at radius 2 is 2.07 bits per heavy atom. The van der Waals surface area contributed by atoms with E-state index in [1.165, 1.54) is 29.5 Å².